The zero-order valence-corrected chi connectivity index (χ0v) is 18.8. The van der Waals surface area contributed by atoms with Gasteiger partial charge in [-0.3, -0.25) is 4.98 Å². The quantitative estimate of drug-likeness (QED) is 0.434. The average molecular weight is 455 g/mol. The molecule has 2 unspecified atom stereocenters. The van der Waals surface area contributed by atoms with Crippen LogP contribution in [0.25, 0.3) is 5.69 Å². The van der Waals surface area contributed by atoms with Crippen molar-refractivity contribution in [2.75, 3.05) is 11.7 Å². The summed E-state index contributed by atoms with van der Waals surface area (Å²) in [6.45, 7) is 2.36. The molecule has 33 heavy (non-hydrogen) atoms. The molecule has 1 fully saturated rings. The summed E-state index contributed by atoms with van der Waals surface area (Å²) in [5.41, 5.74) is 5.33. The van der Waals surface area contributed by atoms with Gasteiger partial charge in [-0.1, -0.05) is 24.3 Å². The summed E-state index contributed by atoms with van der Waals surface area (Å²) in [5, 5.41) is 4.17. The van der Waals surface area contributed by atoms with E-state index in [2.05, 4.69) is 69.3 Å². The van der Waals surface area contributed by atoms with Crippen molar-refractivity contribution in [3.63, 3.8) is 0 Å². The van der Waals surface area contributed by atoms with Gasteiger partial charge < -0.3 is 24.3 Å². The highest BCUT2D eigenvalue weighted by Crippen LogP contribution is 2.45. The van der Waals surface area contributed by atoms with E-state index in [0.717, 1.165) is 34.3 Å². The summed E-state index contributed by atoms with van der Waals surface area (Å²) < 4.78 is 13.4. The molecule has 4 aromatic rings. The monoisotopic (exact) mass is 454 g/mol. The highest BCUT2D eigenvalue weighted by molar-refractivity contribution is 7.80. The second kappa shape index (κ2) is 7.94. The molecule has 1 N–H and O–H groups in total. The molecule has 0 amide bonds. The first-order valence-corrected chi connectivity index (χ1v) is 11.2. The molecule has 2 aromatic heterocycles. The number of benzene rings is 2. The second-order valence-corrected chi connectivity index (χ2v) is 8.51. The molecule has 7 heteroatoms. The lowest BCUT2D eigenvalue weighted by atomic mass is 10.0. The molecule has 0 radical (unpaired) electrons. The Hall–Kier alpha value is -3.84. The van der Waals surface area contributed by atoms with Crippen LogP contribution in [0.2, 0.25) is 0 Å². The number of hydrogen-bond acceptors (Lipinski definition) is 4. The molecular formula is C26H22N4O2S. The second-order valence-electron chi connectivity index (χ2n) is 8.12. The summed E-state index contributed by atoms with van der Waals surface area (Å²) in [5.74, 6) is 1.47. The Balaban J connectivity index is 1.52. The van der Waals surface area contributed by atoms with Gasteiger partial charge >= 0.3 is 0 Å². The van der Waals surface area contributed by atoms with Crippen LogP contribution in [0.4, 0.5) is 5.69 Å². The Morgan fingerprint density at radius 2 is 1.82 bits per heavy atom. The predicted octanol–water partition coefficient (Wildman–Crippen LogP) is 5.09. The van der Waals surface area contributed by atoms with E-state index in [1.807, 2.05) is 42.6 Å². The molecule has 4 heterocycles. The Labute approximate surface area is 197 Å². The molecule has 6 rings (SSSR count). The number of aryl methyl sites for hydroxylation is 1. The fourth-order valence-electron chi connectivity index (χ4n) is 4.66. The van der Waals surface area contributed by atoms with Crippen LogP contribution >= 0.6 is 12.2 Å². The lowest BCUT2D eigenvalue weighted by Crippen LogP contribution is -2.30. The molecule has 2 aliphatic rings. The minimum absolute atomic E-state index is 0.123. The Morgan fingerprint density at radius 3 is 2.67 bits per heavy atom. The smallest absolute Gasteiger partial charge is 0.231 e. The van der Waals surface area contributed by atoms with E-state index in [9.17, 15) is 0 Å². The number of hydrogen-bond donors (Lipinski definition) is 1. The van der Waals surface area contributed by atoms with Crippen molar-refractivity contribution in [1.29, 1.82) is 0 Å². The zero-order chi connectivity index (χ0) is 22.4. The number of fused-ring (bicyclic) bond motifs is 1. The van der Waals surface area contributed by atoms with Gasteiger partial charge in [0, 0.05) is 35.5 Å². The number of para-hydroxylation sites is 1. The van der Waals surface area contributed by atoms with Gasteiger partial charge in [0.25, 0.3) is 0 Å². The third kappa shape index (κ3) is 3.32. The third-order valence-electron chi connectivity index (χ3n) is 6.19. The fourth-order valence-corrected chi connectivity index (χ4v) is 5.00. The van der Waals surface area contributed by atoms with Crippen molar-refractivity contribution >= 4 is 23.0 Å². The molecule has 0 bridgehead atoms. The molecule has 0 aliphatic carbocycles. The highest BCUT2D eigenvalue weighted by atomic mass is 32.1. The van der Waals surface area contributed by atoms with Crippen molar-refractivity contribution in [2.24, 2.45) is 0 Å². The summed E-state index contributed by atoms with van der Waals surface area (Å²) in [6, 6.07) is 24.3. The first-order valence-electron chi connectivity index (χ1n) is 10.8. The van der Waals surface area contributed by atoms with Crippen LogP contribution in [-0.4, -0.2) is 21.5 Å². The maximum Gasteiger partial charge on any atom is 0.231 e. The number of nitrogens with zero attached hydrogens (tertiary/aromatic N) is 3. The normalized spacial score (nSPS) is 19.1. The molecule has 164 valence electrons. The van der Waals surface area contributed by atoms with E-state index in [0.29, 0.717) is 5.11 Å². The van der Waals surface area contributed by atoms with Gasteiger partial charge in [0.05, 0.1) is 11.7 Å². The minimum Gasteiger partial charge on any atom is -0.454 e. The summed E-state index contributed by atoms with van der Waals surface area (Å²) >= 11 is 5.87. The van der Waals surface area contributed by atoms with E-state index in [-0.39, 0.29) is 18.9 Å². The molecule has 2 aliphatic heterocycles. The molecule has 1 saturated heterocycles. The minimum atomic E-state index is -0.123. The molecular weight excluding hydrogens is 432 g/mol. The van der Waals surface area contributed by atoms with E-state index in [4.69, 9.17) is 21.7 Å². The molecule has 0 spiro atoms. The van der Waals surface area contributed by atoms with Gasteiger partial charge in [-0.05, 0) is 67.2 Å². The number of ether oxygens (including phenoxy) is 2. The van der Waals surface area contributed by atoms with Gasteiger partial charge in [-0.15, -0.1) is 0 Å². The third-order valence-corrected chi connectivity index (χ3v) is 6.51. The Morgan fingerprint density at radius 1 is 0.970 bits per heavy atom. The largest absolute Gasteiger partial charge is 0.454 e. The van der Waals surface area contributed by atoms with Crippen LogP contribution in [0.1, 0.15) is 29.0 Å². The lowest BCUT2D eigenvalue weighted by Gasteiger charge is -2.29. The molecule has 6 nitrogen and oxygen atoms in total. The maximum atomic E-state index is 5.87. The first-order chi connectivity index (χ1) is 16.2. The topological polar surface area (TPSA) is 51.6 Å². The van der Waals surface area contributed by atoms with Crippen LogP contribution in [0.5, 0.6) is 11.5 Å². The summed E-state index contributed by atoms with van der Waals surface area (Å²) in [4.78, 5) is 6.81. The fraction of sp³-hybridized carbons (Fsp3) is 0.154. The number of nitrogens with one attached hydrogen (secondary N) is 1. The standard InChI is InChI=1S/C26H22N4O2S/c1-17-7-2-3-9-20(17)29-14-6-10-21(29)25-24(19-8-4-5-13-27-19)28-26(33)30(25)18-11-12-22-23(15-18)32-16-31-22/h2-15,24-25H,16H2,1H3,(H,28,33). The van der Waals surface area contributed by atoms with Crippen LogP contribution < -0.4 is 19.7 Å². The zero-order valence-electron chi connectivity index (χ0n) is 18.0. The SMILES string of the molecule is Cc1ccccc1-n1cccc1C1C(c2ccccn2)NC(=S)N1c1ccc2c(c1)OCO2. The van der Waals surface area contributed by atoms with E-state index < -0.39 is 0 Å². The van der Waals surface area contributed by atoms with Crippen LogP contribution in [0.15, 0.2) is 85.2 Å². The molecule has 2 aromatic carbocycles. The van der Waals surface area contributed by atoms with E-state index in [1.165, 1.54) is 5.56 Å². The Kier molecular flexibility index (Phi) is 4.77. The Bertz CT molecular complexity index is 1340. The highest BCUT2D eigenvalue weighted by Gasteiger charge is 2.42. The van der Waals surface area contributed by atoms with Crippen molar-refractivity contribution in [3.8, 4) is 17.2 Å². The number of anilines is 1. The van der Waals surface area contributed by atoms with Gasteiger partial charge in [0.1, 0.15) is 6.04 Å². The number of pyridine rings is 1. The molecule has 0 saturated carbocycles. The van der Waals surface area contributed by atoms with Gasteiger partial charge in [-0.2, -0.15) is 0 Å². The van der Waals surface area contributed by atoms with Crippen molar-refractivity contribution in [1.82, 2.24) is 14.9 Å². The summed E-state index contributed by atoms with van der Waals surface area (Å²) in [7, 11) is 0. The lowest BCUT2D eigenvalue weighted by molar-refractivity contribution is 0.174. The maximum absolute atomic E-state index is 5.87. The average Bonchev–Trinajstić information content (AvgIpc) is 3.57. The predicted molar refractivity (Wildman–Crippen MR) is 131 cm³/mol. The molecule has 2 atom stereocenters. The first kappa shape index (κ1) is 19.8. The van der Waals surface area contributed by atoms with Crippen molar-refractivity contribution < 1.29 is 9.47 Å². The van der Waals surface area contributed by atoms with Crippen LogP contribution in [-0.2, 0) is 0 Å². The van der Waals surface area contributed by atoms with Crippen LogP contribution in [0.3, 0.4) is 0 Å². The van der Waals surface area contributed by atoms with Crippen molar-refractivity contribution in [3.05, 3.63) is 102 Å². The number of aromatic nitrogens is 2. The number of rotatable bonds is 4. The summed E-state index contributed by atoms with van der Waals surface area (Å²) in [6.07, 6.45) is 3.92. The van der Waals surface area contributed by atoms with E-state index in [1.54, 1.807) is 0 Å². The van der Waals surface area contributed by atoms with Gasteiger partial charge in [0.15, 0.2) is 16.6 Å². The van der Waals surface area contributed by atoms with Crippen LogP contribution in [0, 0.1) is 6.92 Å². The number of thiocarbonyl (C=S) groups is 1. The van der Waals surface area contributed by atoms with Gasteiger partial charge in [-0.25, -0.2) is 0 Å². The van der Waals surface area contributed by atoms with Crippen molar-refractivity contribution in [2.45, 2.75) is 19.0 Å². The van der Waals surface area contributed by atoms with Gasteiger partial charge in [0.2, 0.25) is 6.79 Å². The van der Waals surface area contributed by atoms with E-state index >= 15 is 0 Å².